The first-order valence-corrected chi connectivity index (χ1v) is 13.7. The summed E-state index contributed by atoms with van der Waals surface area (Å²) in [5.74, 6) is -0.415. The molecule has 2 aliphatic heterocycles. The van der Waals surface area contributed by atoms with Gasteiger partial charge in [-0.2, -0.15) is 0 Å². The van der Waals surface area contributed by atoms with Gasteiger partial charge in [-0.15, -0.1) is 0 Å². The summed E-state index contributed by atoms with van der Waals surface area (Å²) in [6, 6.07) is 28.8. The highest BCUT2D eigenvalue weighted by Gasteiger charge is 2.52. The fourth-order valence-corrected chi connectivity index (χ4v) is 5.62. The summed E-state index contributed by atoms with van der Waals surface area (Å²) in [5, 5.41) is 0. The van der Waals surface area contributed by atoms with Gasteiger partial charge in [0.05, 0.1) is 12.2 Å². The second kappa shape index (κ2) is 12.7. The van der Waals surface area contributed by atoms with Crippen molar-refractivity contribution in [3.05, 3.63) is 102 Å². The number of unbranched alkanes of at least 4 members (excludes halogenated alkanes) is 1. The van der Waals surface area contributed by atoms with Crippen molar-refractivity contribution in [3.63, 3.8) is 0 Å². The van der Waals surface area contributed by atoms with E-state index < -0.39 is 36.0 Å². The van der Waals surface area contributed by atoms with Gasteiger partial charge in [0.25, 0.3) is 0 Å². The molecule has 37 heavy (non-hydrogen) atoms. The number of hydrogen-bond acceptors (Lipinski definition) is 7. The lowest BCUT2D eigenvalue weighted by molar-refractivity contribution is -0.323. The van der Waals surface area contributed by atoms with Crippen LogP contribution in [0.2, 0.25) is 0 Å². The van der Waals surface area contributed by atoms with Gasteiger partial charge in [0.15, 0.2) is 12.4 Å². The smallest absolute Gasteiger partial charge is 0.338 e. The number of esters is 1. The zero-order chi connectivity index (χ0) is 25.5. The van der Waals surface area contributed by atoms with Gasteiger partial charge < -0.3 is 23.7 Å². The van der Waals surface area contributed by atoms with Crippen molar-refractivity contribution < 1.29 is 28.5 Å². The van der Waals surface area contributed by atoms with Crippen molar-refractivity contribution in [2.24, 2.45) is 0 Å². The fraction of sp³-hybridized carbons (Fsp3) is 0.367. The maximum absolute atomic E-state index is 13.2. The fourth-order valence-electron chi connectivity index (χ4n) is 4.50. The lowest BCUT2D eigenvalue weighted by Crippen LogP contribution is -2.62. The van der Waals surface area contributed by atoms with Gasteiger partial charge in [0.1, 0.15) is 23.7 Å². The largest absolute Gasteiger partial charge is 0.452 e. The number of carbonyl (C=O) groups is 1. The van der Waals surface area contributed by atoms with Crippen molar-refractivity contribution in [1.82, 2.24) is 0 Å². The molecular formula is C30H32O6S. The van der Waals surface area contributed by atoms with Crippen molar-refractivity contribution in [1.29, 1.82) is 0 Å². The van der Waals surface area contributed by atoms with E-state index in [1.54, 1.807) is 12.1 Å². The highest BCUT2D eigenvalue weighted by molar-refractivity contribution is 7.99. The second-order valence-corrected chi connectivity index (χ2v) is 10.2. The summed E-state index contributed by atoms with van der Waals surface area (Å²) < 4.78 is 31.7. The van der Waals surface area contributed by atoms with E-state index in [0.717, 1.165) is 23.3 Å². The van der Waals surface area contributed by atoms with E-state index in [4.69, 9.17) is 23.7 Å². The third kappa shape index (κ3) is 6.43. The monoisotopic (exact) mass is 520 g/mol. The molecule has 3 unspecified atom stereocenters. The van der Waals surface area contributed by atoms with Crippen LogP contribution in [0.1, 0.15) is 42.0 Å². The van der Waals surface area contributed by atoms with Gasteiger partial charge in [-0.25, -0.2) is 4.79 Å². The molecule has 2 saturated heterocycles. The minimum Gasteiger partial charge on any atom is -0.452 e. The number of ether oxygens (including phenoxy) is 5. The van der Waals surface area contributed by atoms with Crippen LogP contribution in [0.15, 0.2) is 95.9 Å². The minimum absolute atomic E-state index is 0.350. The zero-order valence-electron chi connectivity index (χ0n) is 20.8. The van der Waals surface area contributed by atoms with Crippen LogP contribution in [0.25, 0.3) is 0 Å². The summed E-state index contributed by atoms with van der Waals surface area (Å²) in [6.45, 7) is 3.00. The van der Waals surface area contributed by atoms with Crippen LogP contribution < -0.4 is 0 Å². The van der Waals surface area contributed by atoms with Gasteiger partial charge in [-0.1, -0.05) is 91.8 Å². The topological polar surface area (TPSA) is 63.2 Å². The number of hydrogen-bond donors (Lipinski definition) is 0. The van der Waals surface area contributed by atoms with Gasteiger partial charge in [0, 0.05) is 17.1 Å². The standard InChI is InChI=1S/C30H32O6S/c1-2-3-19-32-26-25-24(20-33-29(36-25)22-15-9-5-10-16-22)34-30(37-23-17-11-6-12-18-23)27(26)35-28(31)21-13-7-4-8-14-21/h4-18,24-27,29-30H,2-3,19-20H2,1H3/t24?,25-,26?,27-,29?,30-/m0/s1. The van der Waals surface area contributed by atoms with E-state index in [2.05, 4.69) is 6.92 Å². The Labute approximate surface area is 222 Å². The Morgan fingerprint density at radius 3 is 2.27 bits per heavy atom. The minimum atomic E-state index is -0.689. The molecule has 7 heteroatoms. The van der Waals surface area contributed by atoms with Crippen molar-refractivity contribution >= 4 is 17.7 Å². The molecule has 6 atom stereocenters. The van der Waals surface area contributed by atoms with E-state index in [0.29, 0.717) is 18.8 Å². The molecule has 3 aromatic rings. The average Bonchev–Trinajstić information content (AvgIpc) is 2.95. The number of benzene rings is 3. The molecule has 2 aliphatic rings. The molecule has 0 bridgehead atoms. The first kappa shape index (κ1) is 25.9. The lowest BCUT2D eigenvalue weighted by atomic mass is 9.98. The van der Waals surface area contributed by atoms with Crippen LogP contribution in [0.4, 0.5) is 0 Å². The van der Waals surface area contributed by atoms with Crippen LogP contribution in [-0.4, -0.2) is 49.0 Å². The molecule has 2 fully saturated rings. The summed E-state index contributed by atoms with van der Waals surface area (Å²) in [4.78, 5) is 14.2. The van der Waals surface area contributed by atoms with Crippen molar-refractivity contribution in [2.75, 3.05) is 13.2 Å². The maximum Gasteiger partial charge on any atom is 0.338 e. The second-order valence-electron chi connectivity index (χ2n) is 9.08. The first-order valence-electron chi connectivity index (χ1n) is 12.8. The number of thioether (sulfide) groups is 1. The lowest BCUT2D eigenvalue weighted by Gasteiger charge is -2.48. The summed E-state index contributed by atoms with van der Waals surface area (Å²) >= 11 is 1.52. The van der Waals surface area contributed by atoms with E-state index in [1.165, 1.54) is 11.8 Å². The molecule has 2 heterocycles. The quantitative estimate of drug-likeness (QED) is 0.252. The highest BCUT2D eigenvalue weighted by atomic mass is 32.2. The van der Waals surface area contributed by atoms with Crippen LogP contribution in [0.5, 0.6) is 0 Å². The molecule has 194 valence electrons. The summed E-state index contributed by atoms with van der Waals surface area (Å²) in [6.07, 6.45) is -0.697. The van der Waals surface area contributed by atoms with Gasteiger partial charge >= 0.3 is 5.97 Å². The van der Waals surface area contributed by atoms with Crippen molar-refractivity contribution in [2.45, 2.75) is 60.8 Å². The van der Waals surface area contributed by atoms with E-state index in [-0.39, 0.29) is 6.10 Å². The van der Waals surface area contributed by atoms with E-state index in [1.807, 2.05) is 78.9 Å². The van der Waals surface area contributed by atoms with Gasteiger partial charge in [0.2, 0.25) is 0 Å². The maximum atomic E-state index is 13.2. The van der Waals surface area contributed by atoms with Gasteiger partial charge in [-0.05, 0) is 30.7 Å². The van der Waals surface area contributed by atoms with E-state index in [9.17, 15) is 4.79 Å². The summed E-state index contributed by atoms with van der Waals surface area (Å²) in [7, 11) is 0. The molecule has 0 aliphatic carbocycles. The third-order valence-electron chi connectivity index (χ3n) is 6.41. The highest BCUT2D eigenvalue weighted by Crippen LogP contribution is 2.41. The average molecular weight is 521 g/mol. The Morgan fingerprint density at radius 1 is 0.892 bits per heavy atom. The van der Waals surface area contributed by atoms with Crippen LogP contribution in [0, 0.1) is 0 Å². The molecule has 3 aromatic carbocycles. The molecule has 6 nitrogen and oxygen atoms in total. The predicted octanol–water partition coefficient (Wildman–Crippen LogP) is 6.03. The Balaban J connectivity index is 1.44. The van der Waals surface area contributed by atoms with Crippen LogP contribution in [0.3, 0.4) is 0 Å². The number of carbonyl (C=O) groups excluding carboxylic acids is 1. The molecule has 0 N–H and O–H groups in total. The van der Waals surface area contributed by atoms with Crippen molar-refractivity contribution in [3.8, 4) is 0 Å². The Hall–Kier alpha value is -2.68. The Morgan fingerprint density at radius 2 is 1.57 bits per heavy atom. The van der Waals surface area contributed by atoms with Crippen LogP contribution >= 0.6 is 11.8 Å². The van der Waals surface area contributed by atoms with Crippen LogP contribution in [-0.2, 0) is 23.7 Å². The Bertz CT molecular complexity index is 1110. The third-order valence-corrected chi connectivity index (χ3v) is 7.57. The zero-order valence-corrected chi connectivity index (χ0v) is 21.6. The van der Waals surface area contributed by atoms with E-state index >= 15 is 0 Å². The molecule has 0 saturated carbocycles. The SMILES string of the molecule is CCCCOC1[C@H]2OC(c3ccccc3)OCC2O[C@@H](Sc2ccccc2)[C@H]1OC(=O)c1ccccc1. The predicted molar refractivity (Wildman–Crippen MR) is 141 cm³/mol. The molecule has 0 radical (unpaired) electrons. The first-order chi connectivity index (χ1) is 18.2. The molecule has 0 amide bonds. The number of fused-ring (bicyclic) bond motifs is 1. The molecule has 5 rings (SSSR count). The normalized spacial score (nSPS) is 27.3. The summed E-state index contributed by atoms with van der Waals surface area (Å²) in [5.41, 5.74) is 0.908. The Kier molecular flexibility index (Phi) is 8.92. The van der Waals surface area contributed by atoms with Gasteiger partial charge in [-0.3, -0.25) is 0 Å². The number of rotatable bonds is 9. The molecular weight excluding hydrogens is 488 g/mol. The molecule has 0 aromatic heterocycles. The molecule has 0 spiro atoms.